The van der Waals surface area contributed by atoms with Crippen molar-refractivity contribution in [1.29, 1.82) is 0 Å². The third kappa shape index (κ3) is 6.21. The number of nitrogens with zero attached hydrogens (tertiary/aromatic N) is 3. The zero-order valence-corrected chi connectivity index (χ0v) is 17.7. The fraction of sp³-hybridized carbons (Fsp3) is 0.550. The number of rotatable bonds is 8. The van der Waals surface area contributed by atoms with Crippen molar-refractivity contribution in [3.63, 3.8) is 0 Å². The van der Waals surface area contributed by atoms with Crippen LogP contribution in [-0.4, -0.2) is 38.8 Å². The van der Waals surface area contributed by atoms with Crippen LogP contribution in [0.2, 0.25) is 0 Å². The lowest BCUT2D eigenvalue weighted by Gasteiger charge is -2.26. The van der Waals surface area contributed by atoms with Crippen LogP contribution in [0.15, 0.2) is 34.7 Å². The van der Waals surface area contributed by atoms with Crippen LogP contribution in [0.5, 0.6) is 0 Å². The van der Waals surface area contributed by atoms with Crippen LogP contribution < -0.4 is 5.32 Å². The van der Waals surface area contributed by atoms with Gasteiger partial charge in [0.25, 0.3) is 0 Å². The second-order valence-electron chi connectivity index (χ2n) is 7.24. The van der Waals surface area contributed by atoms with Gasteiger partial charge in [-0.2, -0.15) is 0 Å². The van der Waals surface area contributed by atoms with Crippen molar-refractivity contribution in [2.45, 2.75) is 68.9 Å². The summed E-state index contributed by atoms with van der Waals surface area (Å²) in [5.74, 6) is 0.527. The first-order valence-electron chi connectivity index (χ1n) is 9.68. The average molecular weight is 405 g/mol. The fourth-order valence-electron chi connectivity index (χ4n) is 3.29. The van der Waals surface area contributed by atoms with E-state index in [-0.39, 0.29) is 11.9 Å². The van der Waals surface area contributed by atoms with Gasteiger partial charge in [-0.25, -0.2) is 0 Å². The van der Waals surface area contributed by atoms with Gasteiger partial charge in [-0.05, 0) is 32.3 Å². The molecular weight excluding hydrogens is 376 g/mol. The van der Waals surface area contributed by atoms with Crippen molar-refractivity contribution in [3.8, 4) is 0 Å². The fourth-order valence-corrected chi connectivity index (χ4v) is 5.01. The Hall–Kier alpha value is -1.60. The topological polar surface area (TPSA) is 58.1 Å². The lowest BCUT2D eigenvalue weighted by Crippen LogP contribution is -2.37. The highest BCUT2D eigenvalue weighted by molar-refractivity contribution is 8.01. The molecule has 0 atom stereocenters. The number of anilines is 1. The lowest BCUT2D eigenvalue weighted by molar-refractivity contribution is -0.130. The number of hydrogen-bond acceptors (Lipinski definition) is 6. The van der Waals surface area contributed by atoms with E-state index in [1.807, 2.05) is 23.1 Å². The molecule has 146 valence electrons. The van der Waals surface area contributed by atoms with E-state index >= 15 is 0 Å². The molecule has 1 heterocycles. The minimum atomic E-state index is 0.135. The van der Waals surface area contributed by atoms with Crippen molar-refractivity contribution in [3.05, 3.63) is 35.9 Å². The molecule has 5 nitrogen and oxygen atoms in total. The van der Waals surface area contributed by atoms with Gasteiger partial charge in [0.15, 0.2) is 4.34 Å². The highest BCUT2D eigenvalue weighted by Crippen LogP contribution is 2.28. The Balaban J connectivity index is 1.51. The predicted octanol–water partition coefficient (Wildman–Crippen LogP) is 4.81. The maximum absolute atomic E-state index is 12.7. The zero-order chi connectivity index (χ0) is 19.1. The van der Waals surface area contributed by atoms with E-state index in [9.17, 15) is 4.79 Å². The molecule has 0 radical (unpaired) electrons. The molecule has 1 N–H and O–H groups in total. The minimum Gasteiger partial charge on any atom is -0.357 e. The van der Waals surface area contributed by atoms with Crippen LogP contribution in [0.25, 0.3) is 0 Å². The molecule has 1 saturated carbocycles. The van der Waals surface area contributed by atoms with E-state index in [1.54, 1.807) is 11.3 Å². The van der Waals surface area contributed by atoms with Gasteiger partial charge in [-0.15, -0.1) is 10.2 Å². The zero-order valence-electron chi connectivity index (χ0n) is 16.1. The highest BCUT2D eigenvalue weighted by Gasteiger charge is 2.19. The van der Waals surface area contributed by atoms with Gasteiger partial charge in [0, 0.05) is 18.6 Å². The average Bonchev–Trinajstić information content (AvgIpc) is 3.13. The second-order valence-corrected chi connectivity index (χ2v) is 9.44. The third-order valence-corrected chi connectivity index (χ3v) is 6.77. The molecule has 1 aliphatic carbocycles. The first-order chi connectivity index (χ1) is 13.1. The Labute approximate surface area is 170 Å². The summed E-state index contributed by atoms with van der Waals surface area (Å²) < 4.78 is 0.852. The molecule has 0 unspecified atom stereocenters. The SMILES string of the molecule is CC(C)N(Cc1ccccc1)C(=O)CSc1nnc(NC2CCCCC2)s1. The summed E-state index contributed by atoms with van der Waals surface area (Å²) in [5, 5.41) is 12.9. The van der Waals surface area contributed by atoms with Gasteiger partial charge in [-0.3, -0.25) is 4.79 Å². The number of amides is 1. The van der Waals surface area contributed by atoms with E-state index in [2.05, 4.69) is 41.5 Å². The summed E-state index contributed by atoms with van der Waals surface area (Å²) in [4.78, 5) is 14.7. The number of thioether (sulfide) groups is 1. The lowest BCUT2D eigenvalue weighted by atomic mass is 9.96. The van der Waals surface area contributed by atoms with Crippen LogP contribution in [0.4, 0.5) is 5.13 Å². The first kappa shape index (κ1) is 20.1. The number of hydrogen-bond donors (Lipinski definition) is 1. The molecule has 3 rings (SSSR count). The summed E-state index contributed by atoms with van der Waals surface area (Å²) >= 11 is 3.03. The van der Waals surface area contributed by atoms with Crippen molar-refractivity contribution in [2.75, 3.05) is 11.1 Å². The molecule has 0 spiro atoms. The van der Waals surface area contributed by atoms with Crippen LogP contribution in [-0.2, 0) is 11.3 Å². The normalized spacial score (nSPS) is 15.1. The predicted molar refractivity (Wildman–Crippen MR) is 113 cm³/mol. The number of aromatic nitrogens is 2. The monoisotopic (exact) mass is 404 g/mol. The van der Waals surface area contributed by atoms with Crippen LogP contribution in [0.3, 0.4) is 0 Å². The number of nitrogens with one attached hydrogen (secondary N) is 1. The molecule has 1 aromatic carbocycles. The van der Waals surface area contributed by atoms with Gasteiger partial charge < -0.3 is 10.2 Å². The quantitative estimate of drug-likeness (QED) is 0.640. The van der Waals surface area contributed by atoms with Gasteiger partial charge in [0.1, 0.15) is 0 Å². The van der Waals surface area contributed by atoms with Crippen LogP contribution in [0, 0.1) is 0 Å². The maximum Gasteiger partial charge on any atom is 0.233 e. The largest absolute Gasteiger partial charge is 0.357 e. The van der Waals surface area contributed by atoms with Gasteiger partial charge in [0.2, 0.25) is 11.0 Å². The van der Waals surface area contributed by atoms with E-state index in [0.717, 1.165) is 15.0 Å². The maximum atomic E-state index is 12.7. The smallest absolute Gasteiger partial charge is 0.233 e. The summed E-state index contributed by atoms with van der Waals surface area (Å²) in [6.07, 6.45) is 6.34. The Morgan fingerprint density at radius 3 is 2.67 bits per heavy atom. The van der Waals surface area contributed by atoms with Gasteiger partial charge >= 0.3 is 0 Å². The molecule has 7 heteroatoms. The molecule has 1 aliphatic rings. The summed E-state index contributed by atoms with van der Waals surface area (Å²) in [7, 11) is 0. The van der Waals surface area contributed by atoms with E-state index < -0.39 is 0 Å². The van der Waals surface area contributed by atoms with E-state index in [0.29, 0.717) is 18.3 Å². The Bertz CT molecular complexity index is 714. The molecule has 27 heavy (non-hydrogen) atoms. The molecule has 0 saturated heterocycles. The molecule has 1 aromatic heterocycles. The second kappa shape index (κ2) is 10.1. The van der Waals surface area contributed by atoms with Crippen LogP contribution >= 0.6 is 23.1 Å². The van der Waals surface area contributed by atoms with Crippen LogP contribution in [0.1, 0.15) is 51.5 Å². The van der Waals surface area contributed by atoms with E-state index in [4.69, 9.17) is 0 Å². The Kier molecular flexibility index (Phi) is 7.52. The van der Waals surface area contributed by atoms with Gasteiger partial charge in [-0.1, -0.05) is 72.7 Å². The summed E-state index contributed by atoms with van der Waals surface area (Å²) in [5.41, 5.74) is 1.15. The summed E-state index contributed by atoms with van der Waals surface area (Å²) in [6, 6.07) is 10.8. The molecule has 2 aromatic rings. The number of benzene rings is 1. The Morgan fingerprint density at radius 2 is 1.96 bits per heavy atom. The van der Waals surface area contributed by atoms with E-state index in [1.165, 1.54) is 43.9 Å². The van der Waals surface area contributed by atoms with Gasteiger partial charge in [0.05, 0.1) is 5.75 Å². The van der Waals surface area contributed by atoms with Crippen molar-refractivity contribution in [1.82, 2.24) is 15.1 Å². The minimum absolute atomic E-state index is 0.135. The summed E-state index contributed by atoms with van der Waals surface area (Å²) in [6.45, 7) is 4.76. The molecule has 1 amide bonds. The highest BCUT2D eigenvalue weighted by atomic mass is 32.2. The third-order valence-electron chi connectivity index (χ3n) is 4.80. The molecular formula is C20H28N4OS2. The van der Waals surface area contributed by atoms with Crippen molar-refractivity contribution in [2.24, 2.45) is 0 Å². The standard InChI is InChI=1S/C20H28N4OS2/c1-15(2)24(13-16-9-5-3-6-10-16)18(25)14-26-20-23-22-19(27-20)21-17-11-7-4-8-12-17/h3,5-6,9-10,15,17H,4,7-8,11-14H2,1-2H3,(H,21,22). The van der Waals surface area contributed by atoms with Crippen molar-refractivity contribution >= 4 is 34.1 Å². The molecule has 0 aliphatic heterocycles. The van der Waals surface area contributed by atoms with Crippen molar-refractivity contribution < 1.29 is 4.79 Å². The number of carbonyl (C=O) groups is 1. The number of carbonyl (C=O) groups excluding carboxylic acids is 1. The molecule has 1 fully saturated rings. The Morgan fingerprint density at radius 1 is 1.22 bits per heavy atom. The molecule has 0 bridgehead atoms. The first-order valence-corrected chi connectivity index (χ1v) is 11.5.